The number of benzene rings is 2. The molecular weight excluding hydrogens is 405 g/mol. The zero-order chi connectivity index (χ0) is 22.3. The van der Waals surface area contributed by atoms with E-state index in [0.29, 0.717) is 19.2 Å². The number of halogens is 1. The molecule has 7 heteroatoms. The normalized spacial score (nSPS) is 17.6. The van der Waals surface area contributed by atoms with Crippen LogP contribution in [0.15, 0.2) is 53.7 Å². The van der Waals surface area contributed by atoms with E-state index < -0.39 is 0 Å². The molecule has 32 heavy (non-hydrogen) atoms. The summed E-state index contributed by atoms with van der Waals surface area (Å²) in [5.74, 6) is 0.539. The third-order valence-electron chi connectivity index (χ3n) is 5.82. The number of aromatic amines is 1. The van der Waals surface area contributed by atoms with Crippen LogP contribution in [0.5, 0.6) is 0 Å². The third kappa shape index (κ3) is 5.87. The molecule has 1 atom stereocenters. The molecule has 0 bridgehead atoms. The standard InChI is InChI=1S/C25H32FN5O/c1-18-16-31(10-11-32-18)17-20-5-3-4-19(12-20)14-30-25(27-2)28-9-8-21-15-29-24-7-6-22(26)13-23(21)24/h3-7,12-13,15,18,29H,8-11,14,16-17H2,1-2H3,(H2,27,28,30). The fraction of sp³-hybridized carbons (Fsp3) is 0.400. The second-order valence-electron chi connectivity index (χ2n) is 8.34. The van der Waals surface area contributed by atoms with E-state index in [1.165, 1.54) is 17.2 Å². The van der Waals surface area contributed by atoms with E-state index in [2.05, 4.69) is 56.7 Å². The Morgan fingerprint density at radius 3 is 2.94 bits per heavy atom. The fourth-order valence-electron chi connectivity index (χ4n) is 4.21. The number of hydrogen-bond donors (Lipinski definition) is 3. The Bertz CT molecular complexity index is 1060. The zero-order valence-electron chi connectivity index (χ0n) is 18.8. The lowest BCUT2D eigenvalue weighted by atomic mass is 10.1. The maximum Gasteiger partial charge on any atom is 0.191 e. The van der Waals surface area contributed by atoms with E-state index in [-0.39, 0.29) is 5.82 Å². The van der Waals surface area contributed by atoms with E-state index in [1.54, 1.807) is 19.2 Å². The van der Waals surface area contributed by atoms with Crippen LogP contribution in [0, 0.1) is 5.82 Å². The van der Waals surface area contributed by atoms with Crippen LogP contribution in [-0.2, 0) is 24.2 Å². The van der Waals surface area contributed by atoms with Crippen molar-refractivity contribution in [2.24, 2.45) is 4.99 Å². The minimum atomic E-state index is -0.214. The summed E-state index contributed by atoms with van der Waals surface area (Å²) in [4.78, 5) is 9.97. The predicted molar refractivity (Wildman–Crippen MR) is 127 cm³/mol. The number of aliphatic imine (C=N–C) groups is 1. The Balaban J connectivity index is 1.26. The third-order valence-corrected chi connectivity index (χ3v) is 5.82. The molecular formula is C25H32FN5O. The fourth-order valence-corrected chi connectivity index (χ4v) is 4.21. The molecule has 0 amide bonds. The van der Waals surface area contributed by atoms with E-state index in [1.807, 2.05) is 6.20 Å². The number of nitrogens with one attached hydrogen (secondary N) is 3. The van der Waals surface area contributed by atoms with Crippen molar-refractivity contribution in [2.75, 3.05) is 33.3 Å². The van der Waals surface area contributed by atoms with Gasteiger partial charge in [-0.05, 0) is 48.2 Å². The van der Waals surface area contributed by atoms with Crippen molar-refractivity contribution in [3.8, 4) is 0 Å². The second kappa shape index (κ2) is 10.6. The minimum absolute atomic E-state index is 0.214. The van der Waals surface area contributed by atoms with Gasteiger partial charge in [0.1, 0.15) is 5.82 Å². The Kier molecular flexibility index (Phi) is 7.39. The lowest BCUT2D eigenvalue weighted by Crippen LogP contribution is -2.40. The molecule has 0 aliphatic carbocycles. The average Bonchev–Trinajstić information content (AvgIpc) is 3.18. The first-order valence-electron chi connectivity index (χ1n) is 11.2. The molecule has 2 heterocycles. The summed E-state index contributed by atoms with van der Waals surface area (Å²) in [5, 5.41) is 7.67. The SMILES string of the molecule is CN=C(NCCc1c[nH]c2ccc(F)cc12)NCc1cccc(CN2CCOC(C)C2)c1. The summed E-state index contributed by atoms with van der Waals surface area (Å²) in [6, 6.07) is 13.5. The predicted octanol–water partition coefficient (Wildman–Crippen LogP) is 3.44. The first-order valence-corrected chi connectivity index (χ1v) is 11.2. The smallest absolute Gasteiger partial charge is 0.191 e. The number of hydrogen-bond acceptors (Lipinski definition) is 3. The van der Waals surface area contributed by atoms with Crippen LogP contribution in [0.2, 0.25) is 0 Å². The maximum absolute atomic E-state index is 13.6. The highest BCUT2D eigenvalue weighted by atomic mass is 19.1. The second-order valence-corrected chi connectivity index (χ2v) is 8.34. The molecule has 3 N–H and O–H groups in total. The topological polar surface area (TPSA) is 64.7 Å². The molecule has 6 nitrogen and oxygen atoms in total. The van der Waals surface area contributed by atoms with Crippen molar-refractivity contribution in [1.82, 2.24) is 20.5 Å². The molecule has 3 aromatic rings. The van der Waals surface area contributed by atoms with E-state index in [0.717, 1.165) is 55.1 Å². The largest absolute Gasteiger partial charge is 0.376 e. The highest BCUT2D eigenvalue weighted by Gasteiger charge is 2.16. The van der Waals surface area contributed by atoms with Crippen LogP contribution < -0.4 is 10.6 Å². The Labute approximate surface area is 188 Å². The van der Waals surface area contributed by atoms with Gasteiger partial charge in [0.05, 0.1) is 12.7 Å². The van der Waals surface area contributed by atoms with Gasteiger partial charge >= 0.3 is 0 Å². The molecule has 0 radical (unpaired) electrons. The van der Waals surface area contributed by atoms with Crippen LogP contribution in [0.4, 0.5) is 4.39 Å². The van der Waals surface area contributed by atoms with Crippen molar-refractivity contribution in [3.63, 3.8) is 0 Å². The number of aromatic nitrogens is 1. The molecule has 1 aromatic heterocycles. The summed E-state index contributed by atoms with van der Waals surface area (Å²) in [6.07, 6.45) is 3.02. The van der Waals surface area contributed by atoms with Gasteiger partial charge in [0.15, 0.2) is 5.96 Å². The Morgan fingerprint density at radius 2 is 2.09 bits per heavy atom. The summed E-state index contributed by atoms with van der Waals surface area (Å²) in [5.41, 5.74) is 4.58. The number of nitrogens with zero attached hydrogens (tertiary/aromatic N) is 2. The number of morpholine rings is 1. The molecule has 1 aliphatic rings. The van der Waals surface area contributed by atoms with Crippen LogP contribution in [0.25, 0.3) is 10.9 Å². The van der Waals surface area contributed by atoms with E-state index in [4.69, 9.17) is 4.74 Å². The Morgan fingerprint density at radius 1 is 1.22 bits per heavy atom. The highest BCUT2D eigenvalue weighted by Crippen LogP contribution is 2.19. The van der Waals surface area contributed by atoms with Gasteiger partial charge in [-0.2, -0.15) is 0 Å². The first-order chi connectivity index (χ1) is 15.6. The van der Waals surface area contributed by atoms with Crippen molar-refractivity contribution in [3.05, 3.63) is 71.2 Å². The summed E-state index contributed by atoms with van der Waals surface area (Å²) < 4.78 is 19.2. The van der Waals surface area contributed by atoms with Gasteiger partial charge in [-0.3, -0.25) is 9.89 Å². The van der Waals surface area contributed by atoms with Crippen LogP contribution in [0.3, 0.4) is 0 Å². The van der Waals surface area contributed by atoms with E-state index in [9.17, 15) is 4.39 Å². The molecule has 2 aromatic carbocycles. The van der Waals surface area contributed by atoms with Gasteiger partial charge in [0.25, 0.3) is 0 Å². The van der Waals surface area contributed by atoms with Crippen molar-refractivity contribution in [2.45, 2.75) is 32.5 Å². The highest BCUT2D eigenvalue weighted by molar-refractivity contribution is 5.83. The Hall–Kier alpha value is -2.90. The minimum Gasteiger partial charge on any atom is -0.376 e. The molecule has 0 saturated carbocycles. The van der Waals surface area contributed by atoms with Crippen molar-refractivity contribution >= 4 is 16.9 Å². The molecule has 0 spiro atoms. The van der Waals surface area contributed by atoms with Gasteiger partial charge < -0.3 is 20.4 Å². The average molecular weight is 438 g/mol. The summed E-state index contributed by atoms with van der Waals surface area (Å²) in [7, 11) is 1.77. The number of ether oxygens (including phenoxy) is 1. The first kappa shape index (κ1) is 22.3. The summed E-state index contributed by atoms with van der Waals surface area (Å²) in [6.45, 7) is 7.23. The number of H-pyrrole nitrogens is 1. The number of rotatable bonds is 7. The molecule has 1 fully saturated rings. The van der Waals surface area contributed by atoms with Gasteiger partial charge in [-0.25, -0.2) is 4.39 Å². The molecule has 1 aliphatic heterocycles. The van der Waals surface area contributed by atoms with Crippen molar-refractivity contribution in [1.29, 1.82) is 0 Å². The van der Waals surface area contributed by atoms with Gasteiger partial charge in [0.2, 0.25) is 0 Å². The lowest BCUT2D eigenvalue weighted by Gasteiger charge is -2.31. The number of fused-ring (bicyclic) bond motifs is 1. The van der Waals surface area contributed by atoms with Gasteiger partial charge in [-0.1, -0.05) is 24.3 Å². The van der Waals surface area contributed by atoms with Crippen LogP contribution in [-0.4, -0.2) is 55.2 Å². The molecule has 1 saturated heterocycles. The maximum atomic E-state index is 13.6. The van der Waals surface area contributed by atoms with Crippen LogP contribution in [0.1, 0.15) is 23.6 Å². The van der Waals surface area contributed by atoms with Crippen molar-refractivity contribution < 1.29 is 9.13 Å². The van der Waals surface area contributed by atoms with Gasteiger partial charge in [0, 0.05) is 56.9 Å². The van der Waals surface area contributed by atoms with E-state index >= 15 is 0 Å². The van der Waals surface area contributed by atoms with Gasteiger partial charge in [-0.15, -0.1) is 0 Å². The quantitative estimate of drug-likeness (QED) is 0.391. The van der Waals surface area contributed by atoms with Crippen LogP contribution >= 0.6 is 0 Å². The monoisotopic (exact) mass is 437 g/mol. The molecule has 4 rings (SSSR count). The summed E-state index contributed by atoms with van der Waals surface area (Å²) >= 11 is 0. The molecule has 170 valence electrons. The molecule has 1 unspecified atom stereocenters. The number of guanidine groups is 1. The lowest BCUT2D eigenvalue weighted by molar-refractivity contribution is -0.0212. The zero-order valence-corrected chi connectivity index (χ0v) is 18.8.